The lowest BCUT2D eigenvalue weighted by Gasteiger charge is -2.24. The van der Waals surface area contributed by atoms with E-state index < -0.39 is 60.2 Å². The fourth-order valence-electron chi connectivity index (χ4n) is 2.69. The topological polar surface area (TPSA) is 214 Å². The highest BCUT2D eigenvalue weighted by Gasteiger charge is 2.30. The van der Waals surface area contributed by atoms with Crippen LogP contribution in [0.2, 0.25) is 0 Å². The minimum atomic E-state index is -1.27. The number of hydrogen-bond acceptors (Lipinski definition) is 9. The van der Waals surface area contributed by atoms with Gasteiger partial charge >= 0.3 is 11.9 Å². The van der Waals surface area contributed by atoms with Crippen molar-refractivity contribution in [1.82, 2.24) is 16.0 Å². The maximum Gasteiger partial charge on any atom is 0.327 e. The van der Waals surface area contributed by atoms with Crippen molar-refractivity contribution in [3.63, 3.8) is 0 Å². The third-order valence-corrected chi connectivity index (χ3v) is 5.64. The quantitative estimate of drug-likeness (QED) is 0.0793. The summed E-state index contributed by atoms with van der Waals surface area (Å²) in [4.78, 5) is 60.0. The number of aliphatic carboxylic acids is 2. The second-order valence-corrected chi connectivity index (χ2v) is 8.66. The first kappa shape index (κ1) is 31.0. The number of carbonyl (C=O) groups is 5. The summed E-state index contributed by atoms with van der Waals surface area (Å²) < 4.78 is 0. The van der Waals surface area contributed by atoms with E-state index in [1.807, 2.05) is 0 Å². The summed E-state index contributed by atoms with van der Waals surface area (Å²) in [5.74, 6) is -4.21. The van der Waals surface area contributed by atoms with Crippen LogP contribution in [-0.2, 0) is 24.0 Å². The van der Waals surface area contributed by atoms with Gasteiger partial charge in [-0.2, -0.15) is 24.4 Å². The number of nitrogens with one attached hydrogen (secondary N) is 3. The highest BCUT2D eigenvalue weighted by Crippen LogP contribution is 2.06. The van der Waals surface area contributed by atoms with E-state index >= 15 is 0 Å². The highest BCUT2D eigenvalue weighted by atomic mass is 32.2. The van der Waals surface area contributed by atoms with Crippen LogP contribution in [0.1, 0.15) is 38.5 Å². The lowest BCUT2D eigenvalue weighted by molar-refractivity contribution is -0.141. The molecule has 9 N–H and O–H groups in total. The molecule has 0 fully saturated rings. The predicted molar refractivity (Wildman–Crippen MR) is 128 cm³/mol. The van der Waals surface area contributed by atoms with E-state index in [1.165, 1.54) is 11.8 Å². The summed E-state index contributed by atoms with van der Waals surface area (Å²) in [7, 11) is 0. The Balaban J connectivity index is 5.35. The Hall–Kier alpha value is -2.03. The van der Waals surface area contributed by atoms with Gasteiger partial charge in [-0.25, -0.2) is 4.79 Å². The third-order valence-electron chi connectivity index (χ3n) is 4.63. The van der Waals surface area contributed by atoms with Crippen molar-refractivity contribution in [2.24, 2.45) is 11.5 Å². The molecule has 3 amide bonds. The molecule has 12 nitrogen and oxygen atoms in total. The minimum absolute atomic E-state index is 0.149. The first-order chi connectivity index (χ1) is 15.6. The molecule has 0 spiro atoms. The number of carbonyl (C=O) groups excluding carboxylic acids is 3. The summed E-state index contributed by atoms with van der Waals surface area (Å²) in [5, 5.41) is 25.4. The standard InChI is InChI=1S/C19H35N5O7S2/c1-33-9-7-13(18(29)24-14(10-32)19(30)31)23-17(28)12(5-6-15(25)26)22-16(27)11(21)4-2-3-8-20/h11-14,32H,2-10,20-21H2,1H3,(H,22,27)(H,23,28)(H,24,29)(H,25,26)(H,30,31). The smallest absolute Gasteiger partial charge is 0.327 e. The van der Waals surface area contributed by atoms with Crippen molar-refractivity contribution in [3.8, 4) is 0 Å². The fourth-order valence-corrected chi connectivity index (χ4v) is 3.41. The lowest BCUT2D eigenvalue weighted by atomic mass is 10.1. The van der Waals surface area contributed by atoms with Gasteiger partial charge in [0.2, 0.25) is 17.7 Å². The number of amides is 3. The van der Waals surface area contributed by atoms with Gasteiger partial charge < -0.3 is 37.6 Å². The van der Waals surface area contributed by atoms with Crippen LogP contribution in [0, 0.1) is 0 Å². The van der Waals surface area contributed by atoms with Gasteiger partial charge in [0.25, 0.3) is 0 Å². The number of nitrogens with two attached hydrogens (primary N) is 2. The molecule has 0 aliphatic carbocycles. The zero-order chi connectivity index (χ0) is 25.4. The maximum absolute atomic E-state index is 12.8. The summed E-state index contributed by atoms with van der Waals surface area (Å²) >= 11 is 5.31. The predicted octanol–water partition coefficient (Wildman–Crippen LogP) is -1.47. The van der Waals surface area contributed by atoms with Gasteiger partial charge in [-0.3, -0.25) is 19.2 Å². The number of hydrogen-bond donors (Lipinski definition) is 8. The molecule has 0 aromatic rings. The Labute approximate surface area is 202 Å². The number of unbranched alkanes of at least 4 members (excludes halogenated alkanes) is 1. The summed E-state index contributed by atoms with van der Waals surface area (Å²) in [6.07, 6.45) is 3.01. The van der Waals surface area contributed by atoms with Crippen molar-refractivity contribution in [2.75, 3.05) is 24.3 Å². The molecule has 14 heteroatoms. The summed E-state index contributed by atoms with van der Waals surface area (Å²) in [5.41, 5.74) is 11.3. The first-order valence-electron chi connectivity index (χ1n) is 10.5. The maximum atomic E-state index is 12.8. The summed E-state index contributed by atoms with van der Waals surface area (Å²) in [6.45, 7) is 0.452. The van der Waals surface area contributed by atoms with Crippen molar-refractivity contribution < 1.29 is 34.2 Å². The minimum Gasteiger partial charge on any atom is -0.481 e. The Kier molecular flexibility index (Phi) is 16.4. The van der Waals surface area contributed by atoms with E-state index in [9.17, 15) is 24.0 Å². The molecule has 0 bridgehead atoms. The van der Waals surface area contributed by atoms with E-state index in [2.05, 4.69) is 28.6 Å². The van der Waals surface area contributed by atoms with Gasteiger partial charge in [-0.05, 0) is 44.2 Å². The average Bonchev–Trinajstić information content (AvgIpc) is 2.76. The number of thioether (sulfide) groups is 1. The zero-order valence-corrected chi connectivity index (χ0v) is 20.3. The van der Waals surface area contributed by atoms with Crippen molar-refractivity contribution in [2.45, 2.75) is 62.7 Å². The second kappa shape index (κ2) is 17.4. The molecular formula is C19H35N5O7S2. The van der Waals surface area contributed by atoms with Crippen molar-refractivity contribution in [1.29, 1.82) is 0 Å². The second-order valence-electron chi connectivity index (χ2n) is 7.31. The molecule has 0 saturated heterocycles. The largest absolute Gasteiger partial charge is 0.481 e. The molecule has 0 aliphatic rings. The molecule has 0 aliphatic heterocycles. The molecular weight excluding hydrogens is 474 g/mol. The van der Waals surface area contributed by atoms with Crippen LogP contribution < -0.4 is 27.4 Å². The normalized spacial score (nSPS) is 14.4. The van der Waals surface area contributed by atoms with Gasteiger partial charge in [-0.15, -0.1) is 0 Å². The van der Waals surface area contributed by atoms with E-state index in [4.69, 9.17) is 21.7 Å². The van der Waals surface area contributed by atoms with Crippen LogP contribution in [0.3, 0.4) is 0 Å². The number of carboxylic acids is 2. The zero-order valence-electron chi connectivity index (χ0n) is 18.6. The monoisotopic (exact) mass is 509 g/mol. The fraction of sp³-hybridized carbons (Fsp3) is 0.737. The van der Waals surface area contributed by atoms with E-state index in [1.54, 1.807) is 6.26 Å². The number of rotatable bonds is 18. The van der Waals surface area contributed by atoms with E-state index in [-0.39, 0.29) is 18.6 Å². The van der Waals surface area contributed by atoms with Crippen LogP contribution in [-0.4, -0.2) is 88.3 Å². The number of thiol groups is 1. The first-order valence-corrected chi connectivity index (χ1v) is 12.5. The van der Waals surface area contributed by atoms with E-state index in [0.29, 0.717) is 31.6 Å². The van der Waals surface area contributed by atoms with Crippen LogP contribution in [0.4, 0.5) is 0 Å². The SMILES string of the molecule is CSCCC(NC(=O)C(CCC(=O)O)NC(=O)C(N)CCCCN)C(=O)NC(CS)C(=O)O. The lowest BCUT2D eigenvalue weighted by Crippen LogP contribution is -2.57. The molecule has 0 aromatic heterocycles. The Morgan fingerprint density at radius 1 is 0.879 bits per heavy atom. The molecule has 0 radical (unpaired) electrons. The molecule has 33 heavy (non-hydrogen) atoms. The van der Waals surface area contributed by atoms with Crippen molar-refractivity contribution >= 4 is 54.1 Å². The van der Waals surface area contributed by atoms with Crippen molar-refractivity contribution in [3.05, 3.63) is 0 Å². The number of carboxylic acid groups (broad SMARTS) is 2. The van der Waals surface area contributed by atoms with Gasteiger partial charge in [0.1, 0.15) is 18.1 Å². The van der Waals surface area contributed by atoms with Gasteiger partial charge in [0.15, 0.2) is 0 Å². The molecule has 4 unspecified atom stereocenters. The Morgan fingerprint density at radius 2 is 1.42 bits per heavy atom. The third kappa shape index (κ3) is 13.3. The molecule has 0 rings (SSSR count). The van der Waals surface area contributed by atoms with Gasteiger partial charge in [0, 0.05) is 12.2 Å². The highest BCUT2D eigenvalue weighted by molar-refractivity contribution is 7.98. The van der Waals surface area contributed by atoms with Gasteiger partial charge in [0.05, 0.1) is 6.04 Å². The Bertz CT molecular complexity index is 668. The molecule has 190 valence electrons. The molecule has 4 atom stereocenters. The van der Waals surface area contributed by atoms with Crippen LogP contribution in [0.15, 0.2) is 0 Å². The van der Waals surface area contributed by atoms with E-state index in [0.717, 1.165) is 0 Å². The molecule has 0 saturated carbocycles. The van der Waals surface area contributed by atoms with Crippen LogP contribution in [0.5, 0.6) is 0 Å². The van der Waals surface area contributed by atoms with Crippen LogP contribution >= 0.6 is 24.4 Å². The molecule has 0 heterocycles. The summed E-state index contributed by atoms with van der Waals surface area (Å²) in [6, 6.07) is -4.48. The molecule has 0 aromatic carbocycles. The van der Waals surface area contributed by atoms with Gasteiger partial charge in [-0.1, -0.05) is 6.42 Å². The van der Waals surface area contributed by atoms with Crippen LogP contribution in [0.25, 0.3) is 0 Å². The Morgan fingerprint density at radius 3 is 1.91 bits per heavy atom. The average molecular weight is 510 g/mol.